The monoisotopic (exact) mass is 253 g/mol. The second-order valence-corrected chi connectivity index (χ2v) is 6.07. The summed E-state index contributed by atoms with van der Waals surface area (Å²) in [6.07, 6.45) is 3.95. The van der Waals surface area contributed by atoms with Crippen LogP contribution in [-0.4, -0.2) is 27.5 Å². The maximum atomic E-state index is 8.81. The van der Waals surface area contributed by atoms with E-state index in [1.54, 1.807) is 0 Å². The van der Waals surface area contributed by atoms with Gasteiger partial charge in [0.05, 0.1) is 5.69 Å². The number of aliphatic hydroxyl groups is 1. The highest BCUT2D eigenvalue weighted by Gasteiger charge is 2.21. The molecule has 1 heterocycles. The Bertz CT molecular complexity index is 366. The summed E-state index contributed by atoms with van der Waals surface area (Å²) >= 11 is 0. The first kappa shape index (κ1) is 15.2. The van der Waals surface area contributed by atoms with Gasteiger partial charge in [0.15, 0.2) is 0 Å². The molecule has 0 bridgehead atoms. The third-order valence-corrected chi connectivity index (χ3v) is 3.05. The summed E-state index contributed by atoms with van der Waals surface area (Å²) < 4.78 is 1.88. The molecule has 0 spiro atoms. The third-order valence-electron chi connectivity index (χ3n) is 3.05. The zero-order valence-corrected chi connectivity index (χ0v) is 12.3. The van der Waals surface area contributed by atoms with Gasteiger partial charge in [-0.25, -0.2) is 0 Å². The first-order valence-corrected chi connectivity index (χ1v) is 6.72. The molecule has 1 rings (SSSR count). The summed E-state index contributed by atoms with van der Waals surface area (Å²) in [5, 5.41) is 16.9. The predicted octanol–water partition coefficient (Wildman–Crippen LogP) is 1.97. The maximum Gasteiger partial charge on any atom is 0.0722 e. The third kappa shape index (κ3) is 4.42. The van der Waals surface area contributed by atoms with Gasteiger partial charge in [0.25, 0.3) is 0 Å². The molecule has 18 heavy (non-hydrogen) atoms. The highest BCUT2D eigenvalue weighted by atomic mass is 16.2. The molecule has 1 atom stereocenters. The van der Waals surface area contributed by atoms with Crippen LogP contribution in [0.3, 0.4) is 0 Å². The summed E-state index contributed by atoms with van der Waals surface area (Å²) in [5.74, 6) is 0. The second kappa shape index (κ2) is 6.34. The Balaban J connectivity index is 2.62. The maximum absolute atomic E-state index is 8.81. The van der Waals surface area contributed by atoms with Crippen molar-refractivity contribution < 1.29 is 5.11 Å². The van der Waals surface area contributed by atoms with Gasteiger partial charge < -0.3 is 10.4 Å². The van der Waals surface area contributed by atoms with Gasteiger partial charge in [-0.3, -0.25) is 4.68 Å². The van der Waals surface area contributed by atoms with Gasteiger partial charge in [-0.15, -0.1) is 0 Å². The van der Waals surface area contributed by atoms with Gasteiger partial charge in [0.1, 0.15) is 0 Å². The van der Waals surface area contributed by atoms with Crippen LogP contribution in [0.25, 0.3) is 0 Å². The Morgan fingerprint density at radius 3 is 2.67 bits per heavy atom. The Morgan fingerprint density at radius 1 is 1.44 bits per heavy atom. The van der Waals surface area contributed by atoms with Crippen molar-refractivity contribution in [1.82, 2.24) is 15.1 Å². The van der Waals surface area contributed by atoms with E-state index in [0.717, 1.165) is 25.1 Å². The van der Waals surface area contributed by atoms with E-state index in [0.29, 0.717) is 6.04 Å². The van der Waals surface area contributed by atoms with Gasteiger partial charge in [-0.2, -0.15) is 5.10 Å². The molecule has 4 heteroatoms. The molecule has 2 N–H and O–H groups in total. The lowest BCUT2D eigenvalue weighted by atomic mass is 9.89. The topological polar surface area (TPSA) is 50.1 Å². The molecule has 0 aliphatic heterocycles. The average molecular weight is 253 g/mol. The normalized spacial score (nSPS) is 13.9. The van der Waals surface area contributed by atoms with Crippen LogP contribution in [0, 0.1) is 0 Å². The number of nitrogens with zero attached hydrogens (tertiary/aromatic N) is 2. The largest absolute Gasteiger partial charge is 0.396 e. The van der Waals surface area contributed by atoms with Crippen LogP contribution in [-0.2, 0) is 19.0 Å². The first-order valence-electron chi connectivity index (χ1n) is 6.72. The quantitative estimate of drug-likeness (QED) is 0.815. The van der Waals surface area contributed by atoms with Crippen LogP contribution < -0.4 is 5.32 Å². The van der Waals surface area contributed by atoms with Crippen LogP contribution in [0.5, 0.6) is 0 Å². The van der Waals surface area contributed by atoms with E-state index in [9.17, 15) is 0 Å². The van der Waals surface area contributed by atoms with Gasteiger partial charge in [0, 0.05) is 43.4 Å². The van der Waals surface area contributed by atoms with E-state index in [-0.39, 0.29) is 12.0 Å². The molecule has 0 aliphatic carbocycles. The molecule has 104 valence electrons. The van der Waals surface area contributed by atoms with Crippen molar-refractivity contribution in [1.29, 1.82) is 0 Å². The number of nitrogens with one attached hydrogen (secondary N) is 1. The summed E-state index contributed by atoms with van der Waals surface area (Å²) in [6.45, 7) is 9.83. The van der Waals surface area contributed by atoms with Crippen molar-refractivity contribution >= 4 is 0 Å². The minimum atomic E-state index is 0.0760. The van der Waals surface area contributed by atoms with E-state index in [1.807, 2.05) is 11.7 Å². The molecule has 0 saturated carbocycles. The Kier molecular flexibility index (Phi) is 5.35. The first-order chi connectivity index (χ1) is 8.34. The number of hydrogen-bond donors (Lipinski definition) is 2. The lowest BCUT2D eigenvalue weighted by Gasteiger charge is -2.19. The molecule has 1 unspecified atom stereocenters. The van der Waals surface area contributed by atoms with E-state index >= 15 is 0 Å². The molecular formula is C14H27N3O. The van der Waals surface area contributed by atoms with Crippen LogP contribution in [0.4, 0.5) is 0 Å². The summed E-state index contributed by atoms with van der Waals surface area (Å²) in [6, 6.07) is 0.421. The fourth-order valence-corrected chi connectivity index (χ4v) is 2.08. The van der Waals surface area contributed by atoms with E-state index < -0.39 is 0 Å². The van der Waals surface area contributed by atoms with Crippen molar-refractivity contribution in [2.45, 2.75) is 58.5 Å². The Morgan fingerprint density at radius 2 is 2.11 bits per heavy atom. The zero-order valence-electron chi connectivity index (χ0n) is 12.3. The minimum Gasteiger partial charge on any atom is -0.396 e. The lowest BCUT2D eigenvalue weighted by molar-refractivity contribution is 0.276. The van der Waals surface area contributed by atoms with Crippen LogP contribution >= 0.6 is 0 Å². The molecule has 0 aromatic carbocycles. The van der Waals surface area contributed by atoms with Crippen molar-refractivity contribution in [3.05, 3.63) is 17.5 Å². The van der Waals surface area contributed by atoms with Crippen LogP contribution in [0.1, 0.15) is 51.8 Å². The number of aryl methyl sites for hydroxylation is 1. The number of hydrogen-bond acceptors (Lipinski definition) is 3. The lowest BCUT2D eigenvalue weighted by Crippen LogP contribution is -2.27. The average Bonchev–Trinajstić information content (AvgIpc) is 2.65. The summed E-state index contributed by atoms with van der Waals surface area (Å²) in [4.78, 5) is 0. The minimum absolute atomic E-state index is 0.0760. The standard InChI is InChI=1S/C14H27N3O/c1-11(7-6-8-18)15-9-12-10-17(5)16-13(12)14(2,3)4/h10-11,15,18H,6-9H2,1-5H3. The van der Waals surface area contributed by atoms with Gasteiger partial charge in [-0.1, -0.05) is 20.8 Å². The van der Waals surface area contributed by atoms with E-state index in [4.69, 9.17) is 5.11 Å². The van der Waals surface area contributed by atoms with Crippen molar-refractivity contribution in [2.24, 2.45) is 7.05 Å². The van der Waals surface area contributed by atoms with Gasteiger partial charge in [-0.05, 0) is 19.8 Å². The molecule has 4 nitrogen and oxygen atoms in total. The van der Waals surface area contributed by atoms with E-state index in [1.165, 1.54) is 5.56 Å². The fraction of sp³-hybridized carbons (Fsp3) is 0.786. The number of rotatable bonds is 6. The Hall–Kier alpha value is -0.870. The molecule has 0 radical (unpaired) electrons. The second-order valence-electron chi connectivity index (χ2n) is 6.07. The Labute approximate surface area is 110 Å². The molecule has 1 aromatic heterocycles. The number of aromatic nitrogens is 2. The van der Waals surface area contributed by atoms with Crippen molar-refractivity contribution in [3.8, 4) is 0 Å². The SMILES string of the molecule is CC(CCCO)NCc1cn(C)nc1C(C)(C)C. The summed E-state index contributed by atoms with van der Waals surface area (Å²) in [5.41, 5.74) is 2.50. The van der Waals surface area contributed by atoms with Crippen LogP contribution in [0.2, 0.25) is 0 Å². The van der Waals surface area contributed by atoms with E-state index in [2.05, 4.69) is 44.3 Å². The molecule has 0 aliphatic rings. The highest BCUT2D eigenvalue weighted by molar-refractivity contribution is 5.23. The molecular weight excluding hydrogens is 226 g/mol. The molecule has 0 saturated heterocycles. The molecule has 1 aromatic rings. The summed E-state index contributed by atoms with van der Waals surface area (Å²) in [7, 11) is 1.97. The zero-order chi connectivity index (χ0) is 13.8. The molecule has 0 amide bonds. The fourth-order valence-electron chi connectivity index (χ4n) is 2.08. The van der Waals surface area contributed by atoms with Crippen molar-refractivity contribution in [2.75, 3.05) is 6.61 Å². The van der Waals surface area contributed by atoms with Gasteiger partial charge >= 0.3 is 0 Å². The molecule has 0 fully saturated rings. The van der Waals surface area contributed by atoms with Crippen molar-refractivity contribution in [3.63, 3.8) is 0 Å². The smallest absolute Gasteiger partial charge is 0.0722 e. The van der Waals surface area contributed by atoms with Gasteiger partial charge in [0.2, 0.25) is 0 Å². The predicted molar refractivity (Wildman–Crippen MR) is 74.5 cm³/mol. The highest BCUT2D eigenvalue weighted by Crippen LogP contribution is 2.24. The van der Waals surface area contributed by atoms with Crippen LogP contribution in [0.15, 0.2) is 6.20 Å². The number of aliphatic hydroxyl groups excluding tert-OH is 1.